The van der Waals surface area contributed by atoms with E-state index in [-0.39, 0.29) is 24.1 Å². The van der Waals surface area contributed by atoms with Gasteiger partial charge in [-0.1, -0.05) is 66.7 Å². The zero-order valence-electron chi connectivity index (χ0n) is 17.8. The van der Waals surface area contributed by atoms with E-state index in [9.17, 15) is 14.0 Å². The smallest absolute Gasteiger partial charge is 0.251 e. The maximum atomic E-state index is 13.5. The van der Waals surface area contributed by atoms with Crippen LogP contribution in [0.1, 0.15) is 44.9 Å². The summed E-state index contributed by atoms with van der Waals surface area (Å²) in [7, 11) is 0. The van der Waals surface area contributed by atoms with Crippen LogP contribution >= 0.6 is 11.3 Å². The molecule has 2 atom stereocenters. The van der Waals surface area contributed by atoms with Crippen molar-refractivity contribution < 1.29 is 14.0 Å². The van der Waals surface area contributed by atoms with Gasteiger partial charge in [-0.05, 0) is 46.8 Å². The van der Waals surface area contributed by atoms with Gasteiger partial charge in [0.05, 0.1) is 18.5 Å². The molecule has 3 aromatic carbocycles. The second-order valence-electron chi connectivity index (χ2n) is 7.57. The Kier molecular flexibility index (Phi) is 7.27. The second kappa shape index (κ2) is 10.7. The van der Waals surface area contributed by atoms with Gasteiger partial charge in [-0.25, -0.2) is 4.39 Å². The zero-order valence-corrected chi connectivity index (χ0v) is 18.6. The van der Waals surface area contributed by atoms with Crippen LogP contribution in [-0.2, 0) is 4.79 Å². The standard InChI is InChI=1S/C27H23FN2O2S/c28-22-15-13-20(14-16-22)26(24-12-7-17-33-24)30-25(31)18-23(19-8-3-1-4-9-19)29-27(32)21-10-5-2-6-11-21/h1-17,23,26H,18H2,(H,29,32)(H,30,31)/t23-,26-/m1/s1. The van der Waals surface area contributed by atoms with Crippen LogP contribution in [0.2, 0.25) is 0 Å². The third-order valence-corrected chi connectivity index (χ3v) is 6.21. The van der Waals surface area contributed by atoms with Crippen molar-refractivity contribution in [3.63, 3.8) is 0 Å². The Morgan fingerprint density at radius 3 is 2.06 bits per heavy atom. The van der Waals surface area contributed by atoms with Gasteiger partial charge >= 0.3 is 0 Å². The van der Waals surface area contributed by atoms with Crippen LogP contribution in [0.4, 0.5) is 4.39 Å². The van der Waals surface area contributed by atoms with Crippen LogP contribution < -0.4 is 10.6 Å². The number of rotatable bonds is 8. The van der Waals surface area contributed by atoms with Crippen molar-refractivity contribution in [2.45, 2.75) is 18.5 Å². The van der Waals surface area contributed by atoms with Crippen molar-refractivity contribution in [2.75, 3.05) is 0 Å². The summed E-state index contributed by atoms with van der Waals surface area (Å²) in [5.41, 5.74) is 2.16. The topological polar surface area (TPSA) is 58.2 Å². The van der Waals surface area contributed by atoms with Gasteiger partial charge in [0.2, 0.25) is 5.91 Å². The molecule has 1 aromatic heterocycles. The Bertz CT molecular complexity index is 1180. The lowest BCUT2D eigenvalue weighted by atomic mass is 10.0. The van der Waals surface area contributed by atoms with Crippen LogP contribution in [0.15, 0.2) is 102 Å². The largest absolute Gasteiger partial charge is 0.345 e. The van der Waals surface area contributed by atoms with Gasteiger partial charge in [0.15, 0.2) is 0 Å². The van der Waals surface area contributed by atoms with E-state index < -0.39 is 12.1 Å². The molecular formula is C27H23FN2O2S. The number of benzene rings is 3. The molecule has 4 nitrogen and oxygen atoms in total. The van der Waals surface area contributed by atoms with Crippen molar-refractivity contribution in [2.24, 2.45) is 0 Å². The van der Waals surface area contributed by atoms with Crippen molar-refractivity contribution in [3.8, 4) is 0 Å². The average Bonchev–Trinajstić information content (AvgIpc) is 3.39. The third-order valence-electron chi connectivity index (χ3n) is 5.27. The zero-order chi connectivity index (χ0) is 23.0. The number of carbonyl (C=O) groups excluding carboxylic acids is 2. The molecule has 166 valence electrons. The van der Waals surface area contributed by atoms with Gasteiger partial charge in [0.1, 0.15) is 5.82 Å². The Balaban J connectivity index is 1.54. The highest BCUT2D eigenvalue weighted by atomic mass is 32.1. The number of hydrogen-bond donors (Lipinski definition) is 2. The predicted molar refractivity (Wildman–Crippen MR) is 128 cm³/mol. The van der Waals surface area contributed by atoms with Crippen LogP contribution in [0.5, 0.6) is 0 Å². The van der Waals surface area contributed by atoms with Crippen molar-refractivity contribution in [3.05, 3.63) is 130 Å². The SMILES string of the molecule is O=C(C[C@@H](NC(=O)c1ccccc1)c1ccccc1)N[C@H](c1ccc(F)cc1)c1cccs1. The van der Waals surface area contributed by atoms with E-state index in [1.165, 1.54) is 23.5 Å². The van der Waals surface area contributed by atoms with Crippen molar-refractivity contribution in [1.82, 2.24) is 10.6 Å². The lowest BCUT2D eigenvalue weighted by Crippen LogP contribution is -2.35. The van der Waals surface area contributed by atoms with E-state index in [2.05, 4.69) is 10.6 Å². The molecule has 0 aliphatic heterocycles. The lowest BCUT2D eigenvalue weighted by Gasteiger charge is -2.22. The Morgan fingerprint density at radius 1 is 0.758 bits per heavy atom. The Morgan fingerprint density at radius 2 is 1.42 bits per heavy atom. The summed E-state index contributed by atoms with van der Waals surface area (Å²) in [6.45, 7) is 0. The predicted octanol–water partition coefficient (Wildman–Crippen LogP) is 5.65. The molecule has 1 heterocycles. The molecule has 0 saturated heterocycles. The number of amides is 2. The van der Waals surface area contributed by atoms with Gasteiger partial charge in [0, 0.05) is 10.4 Å². The fourth-order valence-corrected chi connectivity index (χ4v) is 4.41. The van der Waals surface area contributed by atoms with Gasteiger partial charge in [-0.15, -0.1) is 11.3 Å². The van der Waals surface area contributed by atoms with Gasteiger partial charge in [-0.3, -0.25) is 9.59 Å². The quantitative estimate of drug-likeness (QED) is 0.358. The molecular weight excluding hydrogens is 435 g/mol. The number of hydrogen-bond acceptors (Lipinski definition) is 3. The van der Waals surface area contributed by atoms with Crippen LogP contribution in [0.3, 0.4) is 0 Å². The van der Waals surface area contributed by atoms with E-state index in [4.69, 9.17) is 0 Å². The summed E-state index contributed by atoms with van der Waals surface area (Å²) >= 11 is 1.52. The van der Waals surface area contributed by atoms with Crippen LogP contribution in [-0.4, -0.2) is 11.8 Å². The molecule has 0 saturated carbocycles. The average molecular weight is 459 g/mol. The highest BCUT2D eigenvalue weighted by Gasteiger charge is 2.23. The molecule has 0 unspecified atom stereocenters. The normalized spacial score (nSPS) is 12.5. The molecule has 2 N–H and O–H groups in total. The molecule has 4 rings (SSSR count). The molecule has 4 aromatic rings. The summed E-state index contributed by atoms with van der Waals surface area (Å²) in [6, 6.07) is 27.4. The minimum absolute atomic E-state index is 0.0612. The van der Waals surface area contributed by atoms with E-state index >= 15 is 0 Å². The molecule has 0 spiro atoms. The Hall–Kier alpha value is -3.77. The summed E-state index contributed by atoms with van der Waals surface area (Å²) < 4.78 is 13.5. The van der Waals surface area contributed by atoms with E-state index in [0.717, 1.165) is 16.0 Å². The summed E-state index contributed by atoms with van der Waals surface area (Å²) in [4.78, 5) is 26.9. The first kappa shape index (κ1) is 22.4. The van der Waals surface area contributed by atoms with Crippen molar-refractivity contribution in [1.29, 1.82) is 0 Å². The summed E-state index contributed by atoms with van der Waals surface area (Å²) in [5, 5.41) is 7.99. The summed E-state index contributed by atoms with van der Waals surface area (Å²) in [5.74, 6) is -0.798. The number of carbonyl (C=O) groups is 2. The highest BCUT2D eigenvalue weighted by molar-refractivity contribution is 7.10. The third kappa shape index (κ3) is 5.93. The molecule has 0 fully saturated rings. The number of halogens is 1. The highest BCUT2D eigenvalue weighted by Crippen LogP contribution is 2.27. The first-order valence-corrected chi connectivity index (χ1v) is 11.5. The number of nitrogens with one attached hydrogen (secondary N) is 2. The number of thiophene rings is 1. The van der Waals surface area contributed by atoms with Crippen LogP contribution in [0.25, 0.3) is 0 Å². The monoisotopic (exact) mass is 458 g/mol. The first-order chi connectivity index (χ1) is 16.1. The second-order valence-corrected chi connectivity index (χ2v) is 8.55. The van der Waals surface area contributed by atoms with E-state index in [1.807, 2.05) is 53.9 Å². The van der Waals surface area contributed by atoms with E-state index in [1.54, 1.807) is 36.4 Å². The maximum absolute atomic E-state index is 13.5. The van der Waals surface area contributed by atoms with Crippen LogP contribution in [0, 0.1) is 5.82 Å². The fraction of sp³-hybridized carbons (Fsp3) is 0.111. The minimum atomic E-state index is -0.504. The summed E-state index contributed by atoms with van der Waals surface area (Å²) in [6.07, 6.45) is 0.0612. The molecule has 0 radical (unpaired) electrons. The molecule has 33 heavy (non-hydrogen) atoms. The van der Waals surface area contributed by atoms with E-state index in [0.29, 0.717) is 5.56 Å². The van der Waals surface area contributed by atoms with Gasteiger partial charge < -0.3 is 10.6 Å². The molecule has 0 bridgehead atoms. The van der Waals surface area contributed by atoms with Crippen molar-refractivity contribution >= 4 is 23.2 Å². The lowest BCUT2D eigenvalue weighted by molar-refractivity contribution is -0.122. The molecule has 6 heteroatoms. The van der Waals surface area contributed by atoms with Gasteiger partial charge in [0.25, 0.3) is 5.91 Å². The van der Waals surface area contributed by atoms with Gasteiger partial charge in [-0.2, -0.15) is 0 Å². The fourth-order valence-electron chi connectivity index (χ4n) is 3.60. The minimum Gasteiger partial charge on any atom is -0.345 e. The maximum Gasteiger partial charge on any atom is 0.251 e. The first-order valence-electron chi connectivity index (χ1n) is 10.6. The molecule has 0 aliphatic carbocycles. The molecule has 0 aliphatic rings. The Labute approximate surface area is 196 Å². The molecule has 2 amide bonds.